The molecule has 0 aliphatic heterocycles. The lowest BCUT2D eigenvalue weighted by molar-refractivity contribution is -0.584. The molecule has 1 rings (SSSR count). The number of unbranched alkanes of at least 4 members (excludes halogenated alkanes) is 2. The first kappa shape index (κ1) is 15.1. The van der Waals surface area contributed by atoms with Crippen molar-refractivity contribution < 1.29 is 19.6 Å². The third-order valence-corrected chi connectivity index (χ3v) is 2.66. The van der Waals surface area contributed by atoms with Crippen LogP contribution in [-0.2, 0) is 4.74 Å². The number of aromatic carboxylic acids is 1. The highest BCUT2D eigenvalue weighted by Gasteiger charge is 2.23. The number of hydrogen-bond donors (Lipinski definition) is 1. The molecule has 0 fully saturated rings. The fraction of sp³-hybridized carbons (Fsp3) is 0.462. The van der Waals surface area contributed by atoms with Gasteiger partial charge in [-0.3, -0.25) is 10.1 Å². The smallest absolute Gasteiger partial charge is 0.342 e. The number of nitrogens with zero attached hydrogens (tertiary/aromatic N) is 1. The van der Waals surface area contributed by atoms with Gasteiger partial charge in [0.2, 0.25) is 0 Å². The van der Waals surface area contributed by atoms with Gasteiger partial charge in [0.05, 0.1) is 22.7 Å². The summed E-state index contributed by atoms with van der Waals surface area (Å²) < 4.78 is 5.25. The van der Waals surface area contributed by atoms with Crippen LogP contribution in [0.3, 0.4) is 0 Å². The first-order chi connectivity index (χ1) is 9.06. The first-order valence-electron chi connectivity index (χ1n) is 6.14. The Morgan fingerprint density at radius 2 is 2.00 bits per heavy atom. The van der Waals surface area contributed by atoms with Gasteiger partial charge in [-0.25, -0.2) is 4.79 Å². The van der Waals surface area contributed by atoms with Crippen LogP contribution in [0.25, 0.3) is 0 Å². The number of benzene rings is 1. The molecule has 0 saturated carbocycles. The molecule has 1 atom stereocenters. The molecule has 104 valence electrons. The number of nitro groups is 1. The number of carbonyl (C=O) groups is 1. The fourth-order valence-corrected chi connectivity index (χ4v) is 1.62. The first-order valence-corrected chi connectivity index (χ1v) is 6.14. The maximum absolute atomic E-state index is 10.9. The van der Waals surface area contributed by atoms with Gasteiger partial charge in [-0.05, 0) is 30.7 Å². The summed E-state index contributed by atoms with van der Waals surface area (Å²) in [6, 6.07) is 5.50. The number of ether oxygens (including phenoxy) is 1. The standard InChI is InChI=1S/C13H17NO5/c1-2-3-4-9-19-12(14(17)18)10-5-7-11(8-6-10)13(15)16/h5-8,12H,2-4,9H2,1H3,(H,15,16). The monoisotopic (exact) mass is 267 g/mol. The molecule has 6 nitrogen and oxygen atoms in total. The third-order valence-electron chi connectivity index (χ3n) is 2.66. The molecule has 0 heterocycles. The minimum Gasteiger partial charge on any atom is -0.478 e. The second-order valence-corrected chi connectivity index (χ2v) is 4.14. The zero-order valence-electron chi connectivity index (χ0n) is 10.7. The molecule has 0 spiro atoms. The fourth-order valence-electron chi connectivity index (χ4n) is 1.62. The SMILES string of the molecule is CCCCCOC(c1ccc(C(=O)O)cc1)[N+](=O)[O-]. The number of carboxylic acids is 1. The molecule has 0 bridgehead atoms. The van der Waals surface area contributed by atoms with Gasteiger partial charge in [0, 0.05) is 0 Å². The molecular weight excluding hydrogens is 250 g/mol. The molecule has 0 aromatic heterocycles. The van der Waals surface area contributed by atoms with Crippen LogP contribution in [0, 0.1) is 10.1 Å². The van der Waals surface area contributed by atoms with Crippen LogP contribution in [0.15, 0.2) is 24.3 Å². The quantitative estimate of drug-likeness (QED) is 0.338. The normalized spacial score (nSPS) is 12.1. The average molecular weight is 267 g/mol. The highest BCUT2D eigenvalue weighted by atomic mass is 16.7. The Morgan fingerprint density at radius 1 is 1.37 bits per heavy atom. The lowest BCUT2D eigenvalue weighted by atomic mass is 10.1. The van der Waals surface area contributed by atoms with E-state index < -0.39 is 17.1 Å². The molecule has 1 aromatic carbocycles. The van der Waals surface area contributed by atoms with E-state index in [0.717, 1.165) is 19.3 Å². The highest BCUT2D eigenvalue weighted by Crippen LogP contribution is 2.19. The zero-order chi connectivity index (χ0) is 14.3. The van der Waals surface area contributed by atoms with Crippen LogP contribution in [0.2, 0.25) is 0 Å². The Balaban J connectivity index is 2.70. The van der Waals surface area contributed by atoms with Crippen LogP contribution < -0.4 is 0 Å². The van der Waals surface area contributed by atoms with Crippen molar-refractivity contribution in [3.8, 4) is 0 Å². The predicted octanol–water partition coefficient (Wildman–Crippen LogP) is 2.87. The van der Waals surface area contributed by atoms with Crippen LogP contribution in [0.4, 0.5) is 0 Å². The average Bonchev–Trinajstić information content (AvgIpc) is 2.38. The van der Waals surface area contributed by atoms with E-state index in [0.29, 0.717) is 12.2 Å². The van der Waals surface area contributed by atoms with Crippen molar-refractivity contribution in [1.29, 1.82) is 0 Å². The summed E-state index contributed by atoms with van der Waals surface area (Å²) in [5.74, 6) is -1.06. The topological polar surface area (TPSA) is 89.7 Å². The largest absolute Gasteiger partial charge is 0.478 e. The summed E-state index contributed by atoms with van der Waals surface area (Å²) in [6.45, 7) is 2.36. The van der Waals surface area contributed by atoms with Gasteiger partial charge in [0.15, 0.2) is 0 Å². The second kappa shape index (κ2) is 7.48. The zero-order valence-corrected chi connectivity index (χ0v) is 10.7. The van der Waals surface area contributed by atoms with E-state index in [1.54, 1.807) is 0 Å². The van der Waals surface area contributed by atoms with E-state index in [4.69, 9.17) is 9.84 Å². The van der Waals surface area contributed by atoms with E-state index >= 15 is 0 Å². The lowest BCUT2D eigenvalue weighted by Gasteiger charge is -2.10. The van der Waals surface area contributed by atoms with Crippen molar-refractivity contribution in [1.82, 2.24) is 0 Å². The van der Waals surface area contributed by atoms with E-state index in [1.165, 1.54) is 24.3 Å². The van der Waals surface area contributed by atoms with Gasteiger partial charge < -0.3 is 9.84 Å². The van der Waals surface area contributed by atoms with Gasteiger partial charge in [-0.1, -0.05) is 19.8 Å². The second-order valence-electron chi connectivity index (χ2n) is 4.14. The van der Waals surface area contributed by atoms with E-state index in [9.17, 15) is 14.9 Å². The summed E-state index contributed by atoms with van der Waals surface area (Å²) >= 11 is 0. The molecular formula is C13H17NO5. The van der Waals surface area contributed by atoms with Gasteiger partial charge in [-0.2, -0.15) is 0 Å². The number of carboxylic acid groups (broad SMARTS) is 1. The molecule has 0 aliphatic rings. The molecule has 0 amide bonds. The molecule has 0 radical (unpaired) electrons. The number of rotatable bonds is 8. The molecule has 0 aliphatic carbocycles. The van der Waals surface area contributed by atoms with Crippen molar-refractivity contribution >= 4 is 5.97 Å². The number of hydrogen-bond acceptors (Lipinski definition) is 4. The van der Waals surface area contributed by atoms with Crippen LogP contribution in [-0.4, -0.2) is 22.6 Å². The van der Waals surface area contributed by atoms with Gasteiger partial charge in [0.25, 0.3) is 0 Å². The summed E-state index contributed by atoms with van der Waals surface area (Å²) in [4.78, 5) is 21.1. The molecule has 1 N–H and O–H groups in total. The summed E-state index contributed by atoms with van der Waals surface area (Å²) in [5.41, 5.74) is 0.448. The maximum Gasteiger partial charge on any atom is 0.342 e. The van der Waals surface area contributed by atoms with E-state index in [1.807, 2.05) is 6.92 Å². The molecule has 1 unspecified atom stereocenters. The van der Waals surface area contributed by atoms with E-state index in [2.05, 4.69) is 0 Å². The van der Waals surface area contributed by atoms with E-state index in [-0.39, 0.29) is 5.56 Å². The Hall–Kier alpha value is -1.95. The van der Waals surface area contributed by atoms with Crippen molar-refractivity contribution in [3.05, 3.63) is 45.5 Å². The van der Waals surface area contributed by atoms with Crippen molar-refractivity contribution in [2.24, 2.45) is 0 Å². The van der Waals surface area contributed by atoms with Crippen LogP contribution in [0.5, 0.6) is 0 Å². The molecule has 6 heteroatoms. The van der Waals surface area contributed by atoms with Crippen LogP contribution >= 0.6 is 0 Å². The third kappa shape index (κ3) is 4.67. The Morgan fingerprint density at radius 3 is 2.47 bits per heavy atom. The lowest BCUT2D eigenvalue weighted by Crippen LogP contribution is -2.15. The van der Waals surface area contributed by atoms with Crippen LogP contribution in [0.1, 0.15) is 48.3 Å². The highest BCUT2D eigenvalue weighted by molar-refractivity contribution is 5.87. The molecule has 1 aromatic rings. The van der Waals surface area contributed by atoms with Crippen molar-refractivity contribution in [3.63, 3.8) is 0 Å². The molecule has 19 heavy (non-hydrogen) atoms. The predicted molar refractivity (Wildman–Crippen MR) is 68.6 cm³/mol. The minimum atomic E-state index is -1.24. The minimum absolute atomic E-state index is 0.0943. The van der Waals surface area contributed by atoms with Crippen molar-refractivity contribution in [2.45, 2.75) is 32.4 Å². The summed E-state index contributed by atoms with van der Waals surface area (Å²) in [6.07, 6.45) is 1.51. The Bertz CT molecular complexity index is 429. The van der Waals surface area contributed by atoms with Gasteiger partial charge in [-0.15, -0.1) is 0 Å². The summed E-state index contributed by atoms with van der Waals surface area (Å²) in [7, 11) is 0. The van der Waals surface area contributed by atoms with Gasteiger partial charge in [0.1, 0.15) is 0 Å². The maximum atomic E-state index is 10.9. The Kier molecular flexibility index (Phi) is 5.95. The van der Waals surface area contributed by atoms with Crippen molar-refractivity contribution in [2.75, 3.05) is 6.61 Å². The molecule has 0 saturated heterocycles. The van der Waals surface area contributed by atoms with Gasteiger partial charge >= 0.3 is 12.2 Å². The summed E-state index contributed by atoms with van der Waals surface area (Å²) in [5, 5.41) is 19.7. The Labute approximate surface area is 111 Å².